The van der Waals surface area contributed by atoms with Gasteiger partial charge in [0.05, 0.1) is 10.7 Å². The SMILES string of the molecule is CC(C)NC(=O)c1ccc(Cl)c(NC(=O)NC(C)Cc2cccnc2)c1. The van der Waals surface area contributed by atoms with E-state index in [0.717, 1.165) is 5.56 Å². The van der Waals surface area contributed by atoms with E-state index in [1.54, 1.807) is 30.6 Å². The summed E-state index contributed by atoms with van der Waals surface area (Å²) in [5, 5.41) is 8.71. The predicted molar refractivity (Wildman–Crippen MR) is 104 cm³/mol. The number of aromatic nitrogens is 1. The van der Waals surface area contributed by atoms with Crippen molar-refractivity contribution in [2.24, 2.45) is 0 Å². The Bertz CT molecular complexity index is 765. The average molecular weight is 375 g/mol. The van der Waals surface area contributed by atoms with Crippen LogP contribution in [0.4, 0.5) is 10.5 Å². The van der Waals surface area contributed by atoms with E-state index < -0.39 is 0 Å². The maximum absolute atomic E-state index is 12.2. The second-order valence-electron chi connectivity index (χ2n) is 6.39. The van der Waals surface area contributed by atoms with Crippen molar-refractivity contribution in [2.45, 2.75) is 39.3 Å². The first-order valence-electron chi connectivity index (χ1n) is 8.42. The van der Waals surface area contributed by atoms with E-state index in [1.807, 2.05) is 32.9 Å². The number of anilines is 1. The van der Waals surface area contributed by atoms with Gasteiger partial charge in [0, 0.05) is 30.0 Å². The van der Waals surface area contributed by atoms with Crippen LogP contribution in [-0.2, 0) is 6.42 Å². The van der Waals surface area contributed by atoms with E-state index in [1.165, 1.54) is 0 Å². The molecule has 0 aliphatic rings. The molecule has 3 amide bonds. The number of nitrogens with zero attached hydrogens (tertiary/aromatic N) is 1. The van der Waals surface area contributed by atoms with Crippen LogP contribution in [-0.4, -0.2) is 29.0 Å². The maximum Gasteiger partial charge on any atom is 0.319 e. The fourth-order valence-corrected chi connectivity index (χ4v) is 2.58. The second-order valence-corrected chi connectivity index (χ2v) is 6.79. The van der Waals surface area contributed by atoms with Crippen molar-refractivity contribution in [3.05, 3.63) is 58.9 Å². The molecule has 1 aromatic heterocycles. The quantitative estimate of drug-likeness (QED) is 0.722. The summed E-state index contributed by atoms with van der Waals surface area (Å²) in [7, 11) is 0. The number of benzene rings is 1. The summed E-state index contributed by atoms with van der Waals surface area (Å²) in [6, 6.07) is 8.12. The third-order valence-corrected chi connectivity index (χ3v) is 3.87. The van der Waals surface area contributed by atoms with Crippen LogP contribution in [0.25, 0.3) is 0 Å². The zero-order valence-corrected chi connectivity index (χ0v) is 15.8. The van der Waals surface area contributed by atoms with Crippen LogP contribution in [0, 0.1) is 0 Å². The first-order valence-corrected chi connectivity index (χ1v) is 8.79. The lowest BCUT2D eigenvalue weighted by Crippen LogP contribution is -2.37. The molecule has 26 heavy (non-hydrogen) atoms. The van der Waals surface area contributed by atoms with Crippen LogP contribution < -0.4 is 16.0 Å². The van der Waals surface area contributed by atoms with Crippen LogP contribution in [0.15, 0.2) is 42.7 Å². The van der Waals surface area contributed by atoms with Crippen molar-refractivity contribution in [1.82, 2.24) is 15.6 Å². The van der Waals surface area contributed by atoms with Gasteiger partial charge in [0.1, 0.15) is 0 Å². The molecule has 1 unspecified atom stereocenters. The van der Waals surface area contributed by atoms with Crippen LogP contribution >= 0.6 is 11.6 Å². The Morgan fingerprint density at radius 3 is 2.58 bits per heavy atom. The summed E-state index contributed by atoms with van der Waals surface area (Å²) < 4.78 is 0. The standard InChI is InChI=1S/C19H23ClN4O2/c1-12(2)22-18(25)15-6-7-16(20)17(10-15)24-19(26)23-13(3)9-14-5-4-8-21-11-14/h4-8,10-13H,9H2,1-3H3,(H,22,25)(H2,23,24,26). The maximum atomic E-state index is 12.2. The lowest BCUT2D eigenvalue weighted by atomic mass is 10.1. The van der Waals surface area contributed by atoms with Gasteiger partial charge in [-0.2, -0.15) is 0 Å². The van der Waals surface area contributed by atoms with E-state index in [0.29, 0.717) is 22.7 Å². The van der Waals surface area contributed by atoms with Crippen molar-refractivity contribution in [3.8, 4) is 0 Å². The van der Waals surface area contributed by atoms with Crippen LogP contribution in [0.5, 0.6) is 0 Å². The fraction of sp³-hybridized carbons (Fsp3) is 0.316. The van der Waals surface area contributed by atoms with Gasteiger partial charge in [0.2, 0.25) is 0 Å². The fourth-order valence-electron chi connectivity index (χ4n) is 2.41. The zero-order chi connectivity index (χ0) is 19.1. The highest BCUT2D eigenvalue weighted by molar-refractivity contribution is 6.33. The van der Waals surface area contributed by atoms with Crippen molar-refractivity contribution < 1.29 is 9.59 Å². The molecule has 0 spiro atoms. The normalized spacial score (nSPS) is 11.7. The molecular weight excluding hydrogens is 352 g/mol. The zero-order valence-electron chi connectivity index (χ0n) is 15.0. The molecule has 138 valence electrons. The van der Waals surface area contributed by atoms with Crippen LogP contribution in [0.2, 0.25) is 5.02 Å². The number of urea groups is 1. The summed E-state index contributed by atoms with van der Waals surface area (Å²) in [5.74, 6) is -0.218. The molecule has 0 aliphatic heterocycles. The number of nitrogens with one attached hydrogen (secondary N) is 3. The Kier molecular flexibility index (Phi) is 6.97. The van der Waals surface area contributed by atoms with Gasteiger partial charge in [0.15, 0.2) is 0 Å². The van der Waals surface area contributed by atoms with Gasteiger partial charge >= 0.3 is 6.03 Å². The van der Waals surface area contributed by atoms with Crippen molar-refractivity contribution in [3.63, 3.8) is 0 Å². The third-order valence-electron chi connectivity index (χ3n) is 3.54. The molecule has 0 radical (unpaired) electrons. The Balaban J connectivity index is 1.98. The molecule has 1 atom stereocenters. The number of hydrogen-bond acceptors (Lipinski definition) is 3. The molecule has 0 saturated heterocycles. The van der Waals surface area contributed by atoms with E-state index in [-0.39, 0.29) is 24.0 Å². The summed E-state index contributed by atoms with van der Waals surface area (Å²) in [6.07, 6.45) is 4.13. The molecule has 2 rings (SSSR count). The first kappa shape index (κ1) is 19.7. The first-order chi connectivity index (χ1) is 12.3. The highest BCUT2D eigenvalue weighted by Crippen LogP contribution is 2.23. The van der Waals surface area contributed by atoms with Crippen molar-refractivity contribution in [2.75, 3.05) is 5.32 Å². The minimum absolute atomic E-state index is 0.0196. The number of hydrogen-bond donors (Lipinski definition) is 3. The van der Waals surface area contributed by atoms with Gasteiger partial charge < -0.3 is 16.0 Å². The van der Waals surface area contributed by atoms with Gasteiger partial charge in [-0.05, 0) is 57.0 Å². The van der Waals surface area contributed by atoms with Gasteiger partial charge in [0.25, 0.3) is 5.91 Å². The van der Waals surface area contributed by atoms with Crippen molar-refractivity contribution >= 4 is 29.2 Å². The number of carbonyl (C=O) groups excluding carboxylic acids is 2. The summed E-state index contributed by atoms with van der Waals surface area (Å²) >= 11 is 6.13. The molecule has 2 aromatic rings. The second kappa shape index (κ2) is 9.20. The number of carbonyl (C=O) groups is 2. The Hall–Kier alpha value is -2.60. The average Bonchev–Trinajstić information content (AvgIpc) is 2.56. The molecule has 0 bridgehead atoms. The number of amides is 3. The van der Waals surface area contributed by atoms with Gasteiger partial charge in [-0.1, -0.05) is 17.7 Å². The number of rotatable bonds is 6. The Morgan fingerprint density at radius 2 is 1.92 bits per heavy atom. The largest absolute Gasteiger partial charge is 0.350 e. The molecule has 3 N–H and O–H groups in total. The molecule has 7 heteroatoms. The lowest BCUT2D eigenvalue weighted by molar-refractivity contribution is 0.0943. The summed E-state index contributed by atoms with van der Waals surface area (Å²) in [5.41, 5.74) is 1.85. The van der Waals surface area contributed by atoms with Crippen LogP contribution in [0.1, 0.15) is 36.7 Å². The van der Waals surface area contributed by atoms with Gasteiger partial charge in [-0.15, -0.1) is 0 Å². The predicted octanol–water partition coefficient (Wildman–Crippen LogP) is 3.63. The van der Waals surface area contributed by atoms with Crippen molar-refractivity contribution in [1.29, 1.82) is 0 Å². The lowest BCUT2D eigenvalue weighted by Gasteiger charge is -2.16. The monoisotopic (exact) mass is 374 g/mol. The highest BCUT2D eigenvalue weighted by Gasteiger charge is 2.13. The minimum Gasteiger partial charge on any atom is -0.350 e. The van der Waals surface area contributed by atoms with E-state index >= 15 is 0 Å². The van der Waals surface area contributed by atoms with E-state index in [9.17, 15) is 9.59 Å². The molecule has 0 saturated carbocycles. The van der Waals surface area contributed by atoms with Crippen LogP contribution in [0.3, 0.4) is 0 Å². The molecule has 6 nitrogen and oxygen atoms in total. The topological polar surface area (TPSA) is 83.1 Å². The molecule has 1 heterocycles. The minimum atomic E-state index is -0.385. The van der Waals surface area contributed by atoms with E-state index in [2.05, 4.69) is 20.9 Å². The summed E-state index contributed by atoms with van der Waals surface area (Å²) in [6.45, 7) is 5.66. The third kappa shape index (κ3) is 6.04. The Labute approximate surface area is 158 Å². The smallest absolute Gasteiger partial charge is 0.319 e. The molecule has 0 fully saturated rings. The number of halogens is 1. The van der Waals surface area contributed by atoms with Gasteiger partial charge in [-0.25, -0.2) is 4.79 Å². The Morgan fingerprint density at radius 1 is 1.15 bits per heavy atom. The molecular formula is C19H23ClN4O2. The van der Waals surface area contributed by atoms with Gasteiger partial charge in [-0.3, -0.25) is 9.78 Å². The number of pyridine rings is 1. The highest BCUT2D eigenvalue weighted by atomic mass is 35.5. The molecule has 0 aliphatic carbocycles. The van der Waals surface area contributed by atoms with E-state index in [4.69, 9.17) is 11.6 Å². The molecule has 1 aromatic carbocycles. The summed E-state index contributed by atoms with van der Waals surface area (Å²) in [4.78, 5) is 28.4.